The summed E-state index contributed by atoms with van der Waals surface area (Å²) in [6, 6.07) is 7.44. The molecular weight excluding hydrogens is 226 g/mol. The minimum Gasteiger partial charge on any atom is -0.465 e. The summed E-state index contributed by atoms with van der Waals surface area (Å²) in [5.41, 5.74) is 2.18. The molecule has 0 aliphatic heterocycles. The maximum absolute atomic E-state index is 11.5. The van der Waals surface area contributed by atoms with Gasteiger partial charge in [0, 0.05) is 12.3 Å². The van der Waals surface area contributed by atoms with Gasteiger partial charge < -0.3 is 4.74 Å². The molecule has 0 aliphatic carbocycles. The fourth-order valence-corrected chi connectivity index (χ4v) is 1.58. The molecule has 0 amide bonds. The van der Waals surface area contributed by atoms with Crippen LogP contribution in [-0.4, -0.2) is 13.1 Å². The van der Waals surface area contributed by atoms with Crippen molar-refractivity contribution >= 4 is 17.6 Å². The second-order valence-corrected chi connectivity index (χ2v) is 3.54. The number of methoxy groups -OCH3 is 1. The van der Waals surface area contributed by atoms with Crippen molar-refractivity contribution in [1.82, 2.24) is 0 Å². The molecule has 0 radical (unpaired) electrons. The third kappa shape index (κ3) is 2.98. The van der Waals surface area contributed by atoms with Crippen LogP contribution in [0.4, 0.5) is 0 Å². The van der Waals surface area contributed by atoms with E-state index in [2.05, 4.69) is 6.07 Å². The molecule has 84 valence electrons. The summed E-state index contributed by atoms with van der Waals surface area (Å²) in [5, 5.41) is 8.53. The second kappa shape index (κ2) is 6.14. The zero-order chi connectivity index (χ0) is 12.0. The molecule has 0 heterocycles. The molecule has 0 atom stereocenters. The van der Waals surface area contributed by atoms with E-state index in [1.165, 1.54) is 7.11 Å². The molecule has 0 fully saturated rings. The molecule has 3 nitrogen and oxygen atoms in total. The van der Waals surface area contributed by atoms with Gasteiger partial charge in [0.05, 0.1) is 18.7 Å². The van der Waals surface area contributed by atoms with Crippen molar-refractivity contribution in [3.8, 4) is 6.07 Å². The number of nitrogens with zero attached hydrogens (tertiary/aromatic N) is 1. The topological polar surface area (TPSA) is 50.1 Å². The third-order valence-electron chi connectivity index (χ3n) is 2.24. The average Bonchev–Trinajstić information content (AvgIpc) is 2.35. The number of hydrogen-bond acceptors (Lipinski definition) is 3. The predicted octanol–water partition coefficient (Wildman–Crippen LogP) is 2.67. The lowest BCUT2D eigenvalue weighted by molar-refractivity contribution is 0.0599. The van der Waals surface area contributed by atoms with E-state index in [4.69, 9.17) is 21.6 Å². The summed E-state index contributed by atoms with van der Waals surface area (Å²) < 4.78 is 4.69. The van der Waals surface area contributed by atoms with Gasteiger partial charge in [0.15, 0.2) is 0 Å². The van der Waals surface area contributed by atoms with Gasteiger partial charge in [-0.05, 0) is 23.6 Å². The fourth-order valence-electron chi connectivity index (χ4n) is 1.42. The first-order valence-electron chi connectivity index (χ1n) is 4.86. The number of hydrogen-bond donors (Lipinski definition) is 0. The molecule has 4 heteroatoms. The zero-order valence-electron chi connectivity index (χ0n) is 9.00. The highest BCUT2D eigenvalue weighted by Gasteiger charge is 2.12. The van der Waals surface area contributed by atoms with Crippen molar-refractivity contribution in [1.29, 1.82) is 5.26 Å². The number of carbonyl (C=O) groups excluding carboxylic acids is 1. The number of halogens is 1. The van der Waals surface area contributed by atoms with Gasteiger partial charge in [-0.25, -0.2) is 4.79 Å². The number of benzene rings is 1. The quantitative estimate of drug-likeness (QED) is 0.598. The van der Waals surface area contributed by atoms with Crippen LogP contribution in [0.25, 0.3) is 0 Å². The molecule has 1 rings (SSSR count). The van der Waals surface area contributed by atoms with Gasteiger partial charge >= 0.3 is 5.97 Å². The van der Waals surface area contributed by atoms with Crippen LogP contribution < -0.4 is 0 Å². The zero-order valence-corrected chi connectivity index (χ0v) is 9.75. The van der Waals surface area contributed by atoms with Gasteiger partial charge in [0.1, 0.15) is 0 Å². The summed E-state index contributed by atoms with van der Waals surface area (Å²) >= 11 is 5.70. The fraction of sp³-hybridized carbons (Fsp3) is 0.333. The molecular formula is C12H12ClNO2. The number of nitriles is 1. The first-order valence-corrected chi connectivity index (χ1v) is 5.39. The number of rotatable bonds is 4. The average molecular weight is 238 g/mol. The van der Waals surface area contributed by atoms with Crippen LogP contribution in [0.15, 0.2) is 18.2 Å². The third-order valence-corrected chi connectivity index (χ3v) is 2.55. The molecule has 0 N–H and O–H groups in total. The smallest absolute Gasteiger partial charge is 0.338 e. The monoisotopic (exact) mass is 237 g/mol. The highest BCUT2D eigenvalue weighted by Crippen LogP contribution is 2.16. The van der Waals surface area contributed by atoms with Crippen molar-refractivity contribution in [2.24, 2.45) is 0 Å². The molecule has 0 aromatic heterocycles. The van der Waals surface area contributed by atoms with Crippen molar-refractivity contribution < 1.29 is 9.53 Å². The van der Waals surface area contributed by atoms with E-state index < -0.39 is 0 Å². The molecule has 0 aliphatic rings. The Kier molecular flexibility index (Phi) is 4.81. The highest BCUT2D eigenvalue weighted by atomic mass is 35.5. The maximum atomic E-state index is 11.5. The van der Waals surface area contributed by atoms with Crippen LogP contribution in [-0.2, 0) is 17.0 Å². The number of aryl methyl sites for hydroxylation is 1. The van der Waals surface area contributed by atoms with Crippen molar-refractivity contribution in [2.75, 3.05) is 7.11 Å². The molecule has 0 spiro atoms. The van der Waals surface area contributed by atoms with E-state index in [-0.39, 0.29) is 5.97 Å². The standard InChI is InChI=1S/C12H12ClNO2/c1-16-12(15)11-7-9(8-13)4-5-10(11)3-2-6-14/h4-5,7H,2-3,8H2,1H3. The molecule has 1 aromatic carbocycles. The molecule has 0 unspecified atom stereocenters. The molecule has 0 bridgehead atoms. The lowest BCUT2D eigenvalue weighted by atomic mass is 10.0. The normalized spacial score (nSPS) is 9.56. The van der Waals surface area contributed by atoms with Gasteiger partial charge in [-0.1, -0.05) is 12.1 Å². The number of ether oxygens (including phenoxy) is 1. The summed E-state index contributed by atoms with van der Waals surface area (Å²) in [5.74, 6) is -0.0392. The highest BCUT2D eigenvalue weighted by molar-refractivity contribution is 6.17. The molecule has 0 saturated carbocycles. The van der Waals surface area contributed by atoms with Gasteiger partial charge in [-0.15, -0.1) is 11.6 Å². The van der Waals surface area contributed by atoms with Crippen LogP contribution in [0.1, 0.15) is 27.9 Å². The Morgan fingerprint density at radius 3 is 2.88 bits per heavy atom. The van der Waals surface area contributed by atoms with Gasteiger partial charge in [-0.3, -0.25) is 0 Å². The van der Waals surface area contributed by atoms with Crippen LogP contribution >= 0.6 is 11.6 Å². The lowest BCUT2D eigenvalue weighted by Gasteiger charge is -2.07. The van der Waals surface area contributed by atoms with E-state index in [0.29, 0.717) is 24.3 Å². The van der Waals surface area contributed by atoms with E-state index in [1.54, 1.807) is 6.07 Å². The van der Waals surface area contributed by atoms with Crippen LogP contribution in [0.2, 0.25) is 0 Å². The Labute approximate surface area is 99.6 Å². The Morgan fingerprint density at radius 1 is 1.56 bits per heavy atom. The molecule has 16 heavy (non-hydrogen) atoms. The summed E-state index contributed by atoms with van der Waals surface area (Å²) in [6.45, 7) is 0. The molecule has 0 saturated heterocycles. The van der Waals surface area contributed by atoms with Crippen LogP contribution in [0.5, 0.6) is 0 Å². The SMILES string of the molecule is COC(=O)c1cc(CCl)ccc1CCC#N. The largest absolute Gasteiger partial charge is 0.465 e. The first-order chi connectivity index (χ1) is 7.72. The minimum absolute atomic E-state index is 0.350. The number of alkyl halides is 1. The Morgan fingerprint density at radius 2 is 2.31 bits per heavy atom. The van der Waals surface area contributed by atoms with Crippen molar-refractivity contribution in [2.45, 2.75) is 18.7 Å². The van der Waals surface area contributed by atoms with Crippen molar-refractivity contribution in [3.63, 3.8) is 0 Å². The van der Waals surface area contributed by atoms with Crippen LogP contribution in [0.3, 0.4) is 0 Å². The summed E-state index contributed by atoms with van der Waals surface area (Å²) in [7, 11) is 1.34. The predicted molar refractivity (Wildman–Crippen MR) is 61.3 cm³/mol. The minimum atomic E-state index is -0.389. The Hall–Kier alpha value is -1.53. The van der Waals surface area contributed by atoms with E-state index in [0.717, 1.165) is 11.1 Å². The summed E-state index contributed by atoms with van der Waals surface area (Å²) in [6.07, 6.45) is 0.924. The van der Waals surface area contributed by atoms with Crippen molar-refractivity contribution in [3.05, 3.63) is 34.9 Å². The summed E-state index contributed by atoms with van der Waals surface area (Å²) in [4.78, 5) is 11.5. The van der Waals surface area contributed by atoms with E-state index in [9.17, 15) is 4.79 Å². The molecule has 1 aromatic rings. The van der Waals surface area contributed by atoms with Crippen LogP contribution in [0, 0.1) is 11.3 Å². The second-order valence-electron chi connectivity index (χ2n) is 3.27. The van der Waals surface area contributed by atoms with Gasteiger partial charge in [-0.2, -0.15) is 5.26 Å². The Balaban J connectivity index is 3.06. The Bertz CT molecular complexity index is 424. The lowest BCUT2D eigenvalue weighted by Crippen LogP contribution is -2.06. The number of esters is 1. The maximum Gasteiger partial charge on any atom is 0.338 e. The first kappa shape index (κ1) is 12.5. The van der Waals surface area contributed by atoms with E-state index in [1.807, 2.05) is 12.1 Å². The van der Waals surface area contributed by atoms with E-state index >= 15 is 0 Å². The number of carbonyl (C=O) groups is 1. The van der Waals surface area contributed by atoms with Gasteiger partial charge in [0.25, 0.3) is 0 Å². The van der Waals surface area contributed by atoms with Gasteiger partial charge in [0.2, 0.25) is 0 Å².